The van der Waals surface area contributed by atoms with E-state index in [1.807, 2.05) is 0 Å². The van der Waals surface area contributed by atoms with E-state index in [-0.39, 0.29) is 77.1 Å². The predicted molar refractivity (Wildman–Crippen MR) is 45.6 cm³/mol. The van der Waals surface area contributed by atoms with E-state index in [0.717, 1.165) is 4.90 Å². The topological polar surface area (TPSA) is 205 Å². The molecule has 0 aliphatic rings. The number of carbonyl (C=O) groups is 1. The average molecular weight is 291 g/mol. The van der Waals surface area contributed by atoms with Gasteiger partial charge in [0.2, 0.25) is 0 Å². The van der Waals surface area contributed by atoms with Crippen LogP contribution in [0.15, 0.2) is 0 Å². The van der Waals surface area contributed by atoms with Crippen LogP contribution in [0.4, 0.5) is 0 Å². The van der Waals surface area contributed by atoms with Gasteiger partial charge in [0.1, 0.15) is 6.54 Å². The van der Waals surface area contributed by atoms with Crippen LogP contribution in [0.5, 0.6) is 0 Å². The number of hydrogen-bond acceptors (Lipinski definition) is 5. The van der Waals surface area contributed by atoms with Gasteiger partial charge in [-0.15, -0.1) is 0 Å². The van der Waals surface area contributed by atoms with Gasteiger partial charge in [-0.1, -0.05) is 0 Å². The zero-order valence-electron chi connectivity index (χ0n) is 9.71. The molecule has 10 nitrogen and oxygen atoms in total. The Bertz CT molecular complexity index is 251. The fourth-order valence-electron chi connectivity index (χ4n) is 0.288. The third-order valence-corrected chi connectivity index (χ3v) is 0.784. The van der Waals surface area contributed by atoms with E-state index < -0.39 is 13.8 Å². The van der Waals surface area contributed by atoms with Crippen molar-refractivity contribution in [3.63, 3.8) is 0 Å². The number of rotatable bonds is 2. The van der Waals surface area contributed by atoms with E-state index in [1.54, 1.807) is 0 Å². The van der Waals surface area contributed by atoms with Crippen LogP contribution in [0.2, 0.25) is 0 Å². The first-order valence-electron chi connectivity index (χ1n) is 3.05. The number of guanidine groups is 1. The Morgan fingerprint density at radius 1 is 1.47 bits per heavy atom. The second kappa shape index (κ2) is 14.9. The minimum absolute atomic E-state index is 0. The summed E-state index contributed by atoms with van der Waals surface area (Å²) >= 11 is 0. The van der Waals surface area contributed by atoms with Gasteiger partial charge < -0.3 is 40.5 Å². The Balaban J connectivity index is -0.0000000533. The summed E-state index contributed by atoms with van der Waals surface area (Å²) in [5.41, 5.74) is 4.93. The first-order valence-corrected chi connectivity index (χ1v) is 4.55. The second-order valence-corrected chi connectivity index (χ2v) is 3.04. The first-order chi connectivity index (χ1) is 6.04. The monoisotopic (exact) mass is 291 g/mol. The Morgan fingerprint density at radius 2 is 1.71 bits per heavy atom. The normalized spacial score (nSPS) is 8.00. The zero-order valence-corrected chi connectivity index (χ0v) is 14.6. The molecule has 0 aliphatic carbocycles. The SMILES string of the molecule is CN(CC(=O)O)C(=N)N.O.O=P([O-])([O-])O.[Na+].[Na+]. The van der Waals surface area contributed by atoms with Gasteiger partial charge in [-0.05, 0) is 0 Å². The molecule has 0 unspecified atom stereocenters. The van der Waals surface area contributed by atoms with E-state index in [9.17, 15) is 4.79 Å². The molecule has 0 saturated heterocycles. The summed E-state index contributed by atoms with van der Waals surface area (Å²) in [7, 11) is -3.70. The molecule has 17 heavy (non-hydrogen) atoms. The van der Waals surface area contributed by atoms with Crippen LogP contribution in [0.25, 0.3) is 0 Å². The number of nitrogens with zero attached hydrogens (tertiary/aromatic N) is 1. The summed E-state index contributed by atoms with van der Waals surface area (Å²) in [5, 5.41) is 14.9. The van der Waals surface area contributed by atoms with Crippen molar-refractivity contribution in [1.29, 1.82) is 5.41 Å². The van der Waals surface area contributed by atoms with Crippen LogP contribution in [0, 0.1) is 5.41 Å². The number of hydrogen-bond donors (Lipinski definition) is 4. The van der Waals surface area contributed by atoms with Gasteiger partial charge in [0, 0.05) is 7.05 Å². The van der Waals surface area contributed by atoms with Crippen LogP contribution in [0.1, 0.15) is 0 Å². The van der Waals surface area contributed by atoms with Crippen molar-refractivity contribution in [2.45, 2.75) is 0 Å². The van der Waals surface area contributed by atoms with Crippen LogP contribution < -0.4 is 74.6 Å². The molecule has 92 valence electrons. The number of nitrogens with one attached hydrogen (secondary N) is 1. The quantitative estimate of drug-likeness (QED) is 0.166. The summed E-state index contributed by atoms with van der Waals surface area (Å²) in [6.07, 6.45) is 0. The maximum absolute atomic E-state index is 9.92. The van der Waals surface area contributed by atoms with Gasteiger partial charge in [-0.2, -0.15) is 0 Å². The maximum Gasteiger partial charge on any atom is 1.00 e. The minimum atomic E-state index is -5.14. The van der Waals surface area contributed by atoms with Crippen molar-refractivity contribution >= 4 is 19.8 Å². The zero-order chi connectivity index (χ0) is 11.9. The molecule has 0 rings (SSSR count). The molecule has 0 aromatic carbocycles. The molecule has 0 aromatic heterocycles. The van der Waals surface area contributed by atoms with Crippen LogP contribution >= 0.6 is 7.82 Å². The minimum Gasteiger partial charge on any atom is -0.790 e. The summed E-state index contributed by atoms with van der Waals surface area (Å²) in [5.74, 6) is -1.23. The molecule has 0 bridgehead atoms. The van der Waals surface area contributed by atoms with Gasteiger partial charge in [0.15, 0.2) is 5.96 Å². The molecule has 0 atom stereocenters. The number of carboxylic acid groups (broad SMARTS) is 1. The Hall–Kier alpha value is 0.810. The van der Waals surface area contributed by atoms with Crippen molar-refractivity contribution in [1.82, 2.24) is 4.90 Å². The van der Waals surface area contributed by atoms with E-state index in [2.05, 4.69) is 0 Å². The second-order valence-electron chi connectivity index (χ2n) is 2.10. The van der Waals surface area contributed by atoms with E-state index >= 15 is 0 Å². The molecular weight excluding hydrogens is 279 g/mol. The first kappa shape index (κ1) is 30.7. The van der Waals surface area contributed by atoms with Crippen LogP contribution in [0.3, 0.4) is 0 Å². The Labute approximate surface area is 142 Å². The van der Waals surface area contributed by atoms with E-state index in [0.29, 0.717) is 0 Å². The number of aliphatic carboxylic acids is 1. The molecule has 13 heteroatoms. The molecule has 7 N–H and O–H groups in total. The van der Waals surface area contributed by atoms with Gasteiger partial charge in [-0.3, -0.25) is 10.2 Å². The summed E-state index contributed by atoms with van der Waals surface area (Å²) in [6, 6.07) is 0. The van der Waals surface area contributed by atoms with Crippen LogP contribution in [-0.4, -0.2) is 45.9 Å². The fraction of sp³-hybridized carbons (Fsp3) is 0.500. The number of carboxylic acids is 1. The largest absolute Gasteiger partial charge is 1.00 e. The Morgan fingerprint density at radius 3 is 1.76 bits per heavy atom. The molecule has 0 fully saturated rings. The molecule has 0 radical (unpaired) electrons. The van der Waals surface area contributed by atoms with Crippen LogP contribution in [-0.2, 0) is 9.36 Å². The molecule has 0 heterocycles. The van der Waals surface area contributed by atoms with Gasteiger partial charge in [0.05, 0.1) is 7.82 Å². The average Bonchev–Trinajstić information content (AvgIpc) is 1.80. The number of likely N-dealkylation sites (N-methyl/N-ethyl adjacent to an activating group) is 1. The molecule has 0 spiro atoms. The van der Waals surface area contributed by atoms with E-state index in [1.165, 1.54) is 7.05 Å². The summed E-state index contributed by atoms with van der Waals surface area (Å²) in [4.78, 5) is 35.3. The fourth-order valence-corrected chi connectivity index (χ4v) is 0.288. The van der Waals surface area contributed by atoms with E-state index in [4.69, 9.17) is 35.5 Å². The van der Waals surface area contributed by atoms with Gasteiger partial charge in [0.25, 0.3) is 0 Å². The number of phosphoric acid groups is 1. The number of nitrogens with two attached hydrogens (primary N) is 1. The third kappa shape index (κ3) is 47.5. The molecule has 0 saturated carbocycles. The smallest absolute Gasteiger partial charge is 0.790 e. The van der Waals surface area contributed by atoms with Crippen molar-refractivity contribution in [2.75, 3.05) is 13.6 Å². The van der Waals surface area contributed by atoms with Crippen molar-refractivity contribution in [3.8, 4) is 0 Å². The molecule has 0 aliphatic heterocycles. The summed E-state index contributed by atoms with van der Waals surface area (Å²) in [6.45, 7) is -0.227. The summed E-state index contributed by atoms with van der Waals surface area (Å²) < 4.78 is 8.66. The maximum atomic E-state index is 9.92. The van der Waals surface area contributed by atoms with Crippen molar-refractivity contribution in [2.24, 2.45) is 5.73 Å². The molecule has 0 aromatic rings. The molecule has 0 amide bonds. The predicted octanol–water partition coefficient (Wildman–Crippen LogP) is -10.1. The van der Waals surface area contributed by atoms with Gasteiger partial charge >= 0.3 is 65.1 Å². The molecular formula is C4H12N3Na2O7P. The van der Waals surface area contributed by atoms with Crippen molar-refractivity contribution < 1.29 is 93.7 Å². The third-order valence-electron chi connectivity index (χ3n) is 0.784. The Kier molecular flexibility index (Phi) is 26.8. The van der Waals surface area contributed by atoms with Crippen molar-refractivity contribution in [3.05, 3.63) is 0 Å². The standard InChI is InChI=1S/C4H9N3O2.2Na.H3O4P.H2O/c1-7(4(5)6)2-3(8)9;;;1-5(2,3)4;/h2H2,1H3,(H3,5,6)(H,8,9);;;(H3,1,2,3,4);1H2/q;2*+1;;/p-2. The van der Waals surface area contributed by atoms with Gasteiger partial charge in [-0.25, -0.2) is 0 Å².